The first-order chi connectivity index (χ1) is 16.8. The molecule has 9 heteroatoms. The highest BCUT2D eigenvalue weighted by Crippen LogP contribution is 2.39. The van der Waals surface area contributed by atoms with Crippen LogP contribution in [0, 0.1) is 18.6 Å². The zero-order chi connectivity index (χ0) is 24.7. The van der Waals surface area contributed by atoms with Gasteiger partial charge in [0.15, 0.2) is 0 Å². The lowest BCUT2D eigenvalue weighted by Gasteiger charge is -2.35. The Labute approximate surface area is 204 Å². The van der Waals surface area contributed by atoms with Gasteiger partial charge >= 0.3 is 6.03 Å². The van der Waals surface area contributed by atoms with Crippen LogP contribution in [0.2, 0.25) is 5.02 Å². The van der Waals surface area contributed by atoms with Crippen molar-refractivity contribution in [3.05, 3.63) is 106 Å². The Morgan fingerprint density at radius 2 is 1.71 bits per heavy atom. The second-order valence-corrected chi connectivity index (χ2v) is 8.57. The molecule has 4 aromatic rings. The number of hydrogen-bond acceptors (Lipinski definition) is 4. The number of carbonyl (C=O) groups is 1. The lowest BCUT2D eigenvalue weighted by Crippen LogP contribution is -2.46. The molecule has 1 unspecified atom stereocenters. The maximum atomic E-state index is 13.9. The van der Waals surface area contributed by atoms with Crippen LogP contribution in [0.1, 0.15) is 30.0 Å². The molecular weight excluding hydrogens is 474 g/mol. The van der Waals surface area contributed by atoms with E-state index in [9.17, 15) is 13.6 Å². The number of allylic oxidation sites excluding steroid dienone is 1. The first-order valence-corrected chi connectivity index (χ1v) is 11.1. The molecule has 1 atom stereocenters. The first kappa shape index (κ1) is 22.7. The summed E-state index contributed by atoms with van der Waals surface area (Å²) >= 11 is 6.07. The first-order valence-electron chi connectivity index (χ1n) is 10.7. The van der Waals surface area contributed by atoms with Crippen molar-refractivity contribution in [1.82, 2.24) is 15.5 Å². The second kappa shape index (κ2) is 8.96. The monoisotopic (exact) mass is 492 g/mol. The van der Waals surface area contributed by atoms with Gasteiger partial charge in [0.25, 0.3) is 5.89 Å². The highest BCUT2D eigenvalue weighted by Gasteiger charge is 2.36. The number of nitrogens with one attached hydrogen (secondary N) is 1. The Balaban J connectivity index is 1.65. The maximum Gasteiger partial charge on any atom is 0.326 e. The molecule has 35 heavy (non-hydrogen) atoms. The zero-order valence-electron chi connectivity index (χ0n) is 18.7. The molecule has 0 radical (unpaired) electrons. The van der Waals surface area contributed by atoms with E-state index in [0.717, 1.165) is 5.56 Å². The second-order valence-electron chi connectivity index (χ2n) is 8.13. The van der Waals surface area contributed by atoms with Gasteiger partial charge in [-0.25, -0.2) is 13.6 Å². The van der Waals surface area contributed by atoms with Crippen molar-refractivity contribution in [2.75, 3.05) is 4.90 Å². The average molecular weight is 493 g/mol. The Kier molecular flexibility index (Phi) is 5.82. The van der Waals surface area contributed by atoms with Gasteiger partial charge in [0, 0.05) is 16.3 Å². The van der Waals surface area contributed by atoms with Crippen LogP contribution in [0.4, 0.5) is 19.3 Å². The Morgan fingerprint density at radius 3 is 2.40 bits per heavy atom. The average Bonchev–Trinajstić information content (AvgIpc) is 3.31. The molecule has 0 saturated heterocycles. The Hall–Kier alpha value is -4.04. The summed E-state index contributed by atoms with van der Waals surface area (Å²) in [6.45, 7) is 3.39. The zero-order valence-corrected chi connectivity index (χ0v) is 19.5. The summed E-state index contributed by atoms with van der Waals surface area (Å²) in [6.07, 6.45) is 0. The summed E-state index contributed by atoms with van der Waals surface area (Å²) in [5.74, 6) is -0.284. The largest absolute Gasteiger partial charge is 0.334 e. The topological polar surface area (TPSA) is 71.3 Å². The number of rotatable bonds is 4. The van der Waals surface area contributed by atoms with E-state index in [1.165, 1.54) is 29.2 Å². The van der Waals surface area contributed by atoms with Crippen molar-refractivity contribution in [1.29, 1.82) is 0 Å². The van der Waals surface area contributed by atoms with Crippen LogP contribution in [0.5, 0.6) is 0 Å². The van der Waals surface area contributed by atoms with Crippen molar-refractivity contribution in [3.63, 3.8) is 0 Å². The smallest absolute Gasteiger partial charge is 0.326 e. The molecule has 0 spiro atoms. The summed E-state index contributed by atoms with van der Waals surface area (Å²) in [4.78, 5) is 19.2. The number of urea groups is 1. The van der Waals surface area contributed by atoms with Gasteiger partial charge in [-0.05, 0) is 79.6 Å². The fourth-order valence-corrected chi connectivity index (χ4v) is 4.18. The highest BCUT2D eigenvalue weighted by molar-refractivity contribution is 6.30. The summed E-state index contributed by atoms with van der Waals surface area (Å²) in [5.41, 5.74) is 3.33. The number of aryl methyl sites for hydroxylation is 1. The molecule has 1 aromatic heterocycles. The maximum absolute atomic E-state index is 13.9. The van der Waals surface area contributed by atoms with Gasteiger partial charge in [-0.1, -0.05) is 28.9 Å². The van der Waals surface area contributed by atoms with Crippen molar-refractivity contribution in [2.24, 2.45) is 0 Å². The molecular formula is C26H19ClF2N4O2. The van der Waals surface area contributed by atoms with Crippen LogP contribution in [0.25, 0.3) is 17.0 Å². The number of amides is 2. The summed E-state index contributed by atoms with van der Waals surface area (Å²) in [5, 5.41) is 7.60. The van der Waals surface area contributed by atoms with Crippen LogP contribution < -0.4 is 10.2 Å². The third kappa shape index (κ3) is 4.28. The molecule has 1 aliphatic heterocycles. The number of carbonyl (C=O) groups excluding carboxylic acids is 1. The Morgan fingerprint density at radius 1 is 1.00 bits per heavy atom. The Bertz CT molecular complexity index is 1450. The van der Waals surface area contributed by atoms with E-state index < -0.39 is 12.1 Å². The molecule has 2 heterocycles. The summed E-state index contributed by atoms with van der Waals surface area (Å²) < 4.78 is 32.9. The SMILES string of the molecule is CC1=C(c2nc(-c3ccc(F)cc3)no2)C(c2ccc(Cl)cc2)NC(=O)N1c1ccc(F)c(C)c1. The molecule has 0 aliphatic carbocycles. The van der Waals surface area contributed by atoms with Crippen LogP contribution >= 0.6 is 11.6 Å². The molecule has 176 valence electrons. The van der Waals surface area contributed by atoms with Crippen molar-refractivity contribution < 1.29 is 18.1 Å². The standard InChI is InChI=1S/C26H19ClF2N4O2/c1-14-13-20(11-12-21(14)29)33-15(2)22(23(30-26(33)34)16-3-7-18(27)8-4-16)25-31-24(32-35-25)17-5-9-19(28)10-6-17/h3-13,23H,1-2H3,(H,30,34). The van der Waals surface area contributed by atoms with Crippen molar-refractivity contribution >= 4 is 28.9 Å². The fourth-order valence-electron chi connectivity index (χ4n) is 4.05. The lowest BCUT2D eigenvalue weighted by atomic mass is 9.94. The lowest BCUT2D eigenvalue weighted by molar-refractivity contribution is 0.244. The molecule has 5 rings (SSSR count). The normalized spacial score (nSPS) is 16.0. The van der Waals surface area contributed by atoms with Crippen LogP contribution in [0.15, 0.2) is 77.0 Å². The number of anilines is 1. The predicted octanol–water partition coefficient (Wildman–Crippen LogP) is 6.68. The molecule has 0 saturated carbocycles. The van der Waals surface area contributed by atoms with Crippen LogP contribution in [-0.4, -0.2) is 16.2 Å². The quantitative estimate of drug-likeness (QED) is 0.345. The third-order valence-electron chi connectivity index (χ3n) is 5.85. The van der Waals surface area contributed by atoms with Gasteiger partial charge < -0.3 is 9.84 Å². The molecule has 1 aliphatic rings. The minimum atomic E-state index is -0.612. The van der Waals surface area contributed by atoms with Gasteiger partial charge in [-0.3, -0.25) is 4.90 Å². The molecule has 2 amide bonds. The van der Waals surface area contributed by atoms with Gasteiger partial charge in [0.2, 0.25) is 5.82 Å². The van der Waals surface area contributed by atoms with Crippen molar-refractivity contribution in [3.8, 4) is 11.4 Å². The molecule has 6 nitrogen and oxygen atoms in total. The fraction of sp³-hybridized carbons (Fsp3) is 0.115. The number of benzene rings is 3. The summed E-state index contributed by atoms with van der Waals surface area (Å²) in [7, 11) is 0. The van der Waals surface area contributed by atoms with E-state index in [2.05, 4.69) is 15.5 Å². The van der Waals surface area contributed by atoms with Gasteiger partial charge in [-0.15, -0.1) is 0 Å². The minimum absolute atomic E-state index is 0.186. The van der Waals surface area contributed by atoms with E-state index in [1.54, 1.807) is 56.3 Å². The molecule has 0 fully saturated rings. The third-order valence-corrected chi connectivity index (χ3v) is 6.10. The van der Waals surface area contributed by atoms with Crippen LogP contribution in [0.3, 0.4) is 0 Å². The van der Waals surface area contributed by atoms with Gasteiger partial charge in [0.1, 0.15) is 11.6 Å². The van der Waals surface area contributed by atoms with E-state index in [0.29, 0.717) is 33.1 Å². The van der Waals surface area contributed by atoms with E-state index >= 15 is 0 Å². The molecule has 3 aromatic carbocycles. The number of halogens is 3. The van der Waals surface area contributed by atoms with Crippen molar-refractivity contribution in [2.45, 2.75) is 19.9 Å². The molecule has 1 N–H and O–H groups in total. The van der Waals surface area contributed by atoms with E-state index in [4.69, 9.17) is 16.1 Å². The summed E-state index contributed by atoms with van der Waals surface area (Å²) in [6, 6.07) is 16.2. The predicted molar refractivity (Wildman–Crippen MR) is 129 cm³/mol. The van der Waals surface area contributed by atoms with Gasteiger partial charge in [-0.2, -0.15) is 4.98 Å². The van der Waals surface area contributed by atoms with Crippen LogP contribution in [-0.2, 0) is 0 Å². The highest BCUT2D eigenvalue weighted by atomic mass is 35.5. The minimum Gasteiger partial charge on any atom is -0.334 e. The van der Waals surface area contributed by atoms with E-state index in [1.807, 2.05) is 0 Å². The number of nitrogens with zero attached hydrogens (tertiary/aromatic N) is 3. The van der Waals surface area contributed by atoms with E-state index in [-0.39, 0.29) is 23.3 Å². The number of aromatic nitrogens is 2. The number of hydrogen-bond donors (Lipinski definition) is 1. The molecule has 0 bridgehead atoms. The van der Waals surface area contributed by atoms with Gasteiger partial charge in [0.05, 0.1) is 17.3 Å².